The highest BCUT2D eigenvalue weighted by atomic mass is 15.3. The van der Waals surface area contributed by atoms with E-state index < -0.39 is 0 Å². The molecule has 102 valence electrons. The van der Waals surface area contributed by atoms with Crippen molar-refractivity contribution in [2.24, 2.45) is 12.8 Å². The summed E-state index contributed by atoms with van der Waals surface area (Å²) in [6.45, 7) is 3.54. The summed E-state index contributed by atoms with van der Waals surface area (Å²) in [6, 6.07) is 12.6. The lowest BCUT2D eigenvalue weighted by Crippen LogP contribution is -2.26. The highest BCUT2D eigenvalue weighted by molar-refractivity contribution is 5.14. The highest BCUT2D eigenvalue weighted by Gasteiger charge is 2.08. The van der Waals surface area contributed by atoms with Crippen LogP contribution in [0.2, 0.25) is 0 Å². The van der Waals surface area contributed by atoms with E-state index in [1.807, 2.05) is 24.0 Å². The monoisotopic (exact) mass is 258 g/mol. The van der Waals surface area contributed by atoms with E-state index in [0.717, 1.165) is 38.3 Å². The van der Waals surface area contributed by atoms with Crippen LogP contribution >= 0.6 is 0 Å². The van der Waals surface area contributed by atoms with Crippen LogP contribution in [-0.2, 0) is 20.1 Å². The van der Waals surface area contributed by atoms with Gasteiger partial charge in [-0.2, -0.15) is 5.10 Å². The van der Waals surface area contributed by atoms with Crippen LogP contribution in [0.25, 0.3) is 0 Å². The summed E-state index contributed by atoms with van der Waals surface area (Å²) in [6.07, 6.45) is 3.00. The fourth-order valence-corrected chi connectivity index (χ4v) is 2.15. The largest absolute Gasteiger partial charge is 0.330 e. The third-order valence-electron chi connectivity index (χ3n) is 3.08. The van der Waals surface area contributed by atoms with Gasteiger partial charge in [-0.1, -0.05) is 30.3 Å². The van der Waals surface area contributed by atoms with Crippen LogP contribution in [0.4, 0.5) is 0 Å². The Bertz CT molecular complexity index is 478. The SMILES string of the molecule is Cn1ccc(CN(CCCN)Cc2ccccc2)n1. The quantitative estimate of drug-likeness (QED) is 0.823. The molecule has 0 saturated carbocycles. The van der Waals surface area contributed by atoms with E-state index in [1.165, 1.54) is 5.56 Å². The molecule has 0 fully saturated rings. The van der Waals surface area contributed by atoms with E-state index in [9.17, 15) is 0 Å². The van der Waals surface area contributed by atoms with Gasteiger partial charge in [-0.25, -0.2) is 0 Å². The molecule has 1 heterocycles. The van der Waals surface area contributed by atoms with E-state index >= 15 is 0 Å². The first-order valence-electron chi connectivity index (χ1n) is 6.73. The molecule has 0 unspecified atom stereocenters. The molecular formula is C15H22N4. The number of hydrogen-bond donors (Lipinski definition) is 1. The van der Waals surface area contributed by atoms with Crippen LogP contribution in [0, 0.1) is 0 Å². The van der Waals surface area contributed by atoms with Crippen molar-refractivity contribution in [3.8, 4) is 0 Å². The number of aryl methyl sites for hydroxylation is 1. The Labute approximate surface area is 114 Å². The van der Waals surface area contributed by atoms with Gasteiger partial charge in [0.1, 0.15) is 0 Å². The van der Waals surface area contributed by atoms with E-state index in [0.29, 0.717) is 0 Å². The molecule has 2 aromatic rings. The van der Waals surface area contributed by atoms with Crippen LogP contribution in [0.5, 0.6) is 0 Å². The molecule has 2 N–H and O–H groups in total. The van der Waals surface area contributed by atoms with E-state index in [4.69, 9.17) is 5.73 Å². The van der Waals surface area contributed by atoms with Crippen molar-refractivity contribution in [3.05, 3.63) is 53.9 Å². The molecule has 4 heteroatoms. The van der Waals surface area contributed by atoms with Crippen LogP contribution in [0.1, 0.15) is 17.7 Å². The van der Waals surface area contributed by atoms with Crippen molar-refractivity contribution in [2.45, 2.75) is 19.5 Å². The molecule has 0 aliphatic heterocycles. The predicted molar refractivity (Wildman–Crippen MR) is 77.4 cm³/mol. The highest BCUT2D eigenvalue weighted by Crippen LogP contribution is 2.09. The van der Waals surface area contributed by atoms with Gasteiger partial charge in [0.15, 0.2) is 0 Å². The number of nitrogens with zero attached hydrogens (tertiary/aromatic N) is 3. The molecule has 2 rings (SSSR count). The van der Waals surface area contributed by atoms with Crippen LogP contribution in [0.3, 0.4) is 0 Å². The number of nitrogens with two attached hydrogens (primary N) is 1. The van der Waals surface area contributed by atoms with Gasteiger partial charge in [0, 0.05) is 32.9 Å². The maximum atomic E-state index is 5.62. The lowest BCUT2D eigenvalue weighted by atomic mass is 10.2. The van der Waals surface area contributed by atoms with Crippen molar-refractivity contribution in [2.75, 3.05) is 13.1 Å². The smallest absolute Gasteiger partial charge is 0.0764 e. The van der Waals surface area contributed by atoms with Crippen molar-refractivity contribution < 1.29 is 0 Å². The molecule has 0 aliphatic rings. The summed E-state index contributed by atoms with van der Waals surface area (Å²) in [4.78, 5) is 2.39. The second-order valence-electron chi connectivity index (χ2n) is 4.82. The lowest BCUT2D eigenvalue weighted by Gasteiger charge is -2.21. The first kappa shape index (κ1) is 13.8. The van der Waals surface area contributed by atoms with Crippen molar-refractivity contribution in [1.82, 2.24) is 14.7 Å². The van der Waals surface area contributed by atoms with E-state index in [2.05, 4.69) is 40.3 Å². The Hall–Kier alpha value is -1.65. The standard InChI is InChI=1S/C15H22N4/c1-18-11-8-15(17-18)13-19(10-5-9-16)12-14-6-3-2-4-7-14/h2-4,6-8,11H,5,9-10,12-13,16H2,1H3. The third kappa shape index (κ3) is 4.50. The molecular weight excluding hydrogens is 236 g/mol. The fraction of sp³-hybridized carbons (Fsp3) is 0.400. The minimum absolute atomic E-state index is 0.730. The number of rotatable bonds is 7. The molecule has 0 spiro atoms. The van der Waals surface area contributed by atoms with Gasteiger partial charge in [-0.05, 0) is 24.6 Å². The van der Waals surface area contributed by atoms with E-state index in [1.54, 1.807) is 0 Å². The molecule has 1 aromatic heterocycles. The minimum atomic E-state index is 0.730. The summed E-state index contributed by atoms with van der Waals surface area (Å²) in [5.74, 6) is 0. The maximum Gasteiger partial charge on any atom is 0.0764 e. The van der Waals surface area contributed by atoms with Crippen molar-refractivity contribution in [1.29, 1.82) is 0 Å². The molecule has 0 amide bonds. The number of benzene rings is 1. The third-order valence-corrected chi connectivity index (χ3v) is 3.08. The molecule has 19 heavy (non-hydrogen) atoms. The molecule has 0 radical (unpaired) electrons. The average Bonchev–Trinajstić information content (AvgIpc) is 2.82. The fourth-order valence-electron chi connectivity index (χ4n) is 2.15. The van der Waals surface area contributed by atoms with Gasteiger partial charge in [0.05, 0.1) is 5.69 Å². The zero-order chi connectivity index (χ0) is 13.5. The van der Waals surface area contributed by atoms with Gasteiger partial charge in [-0.15, -0.1) is 0 Å². The summed E-state index contributed by atoms with van der Waals surface area (Å²) in [5, 5.41) is 4.44. The topological polar surface area (TPSA) is 47.1 Å². The molecule has 0 bridgehead atoms. The second kappa shape index (κ2) is 7.07. The van der Waals surface area contributed by atoms with Crippen molar-refractivity contribution >= 4 is 0 Å². The Kier molecular flexibility index (Phi) is 5.12. The summed E-state index contributed by atoms with van der Waals surface area (Å²) < 4.78 is 1.85. The Morgan fingerprint density at radius 1 is 1.16 bits per heavy atom. The first-order chi connectivity index (χ1) is 9.28. The molecule has 0 saturated heterocycles. The average molecular weight is 258 g/mol. The number of hydrogen-bond acceptors (Lipinski definition) is 3. The first-order valence-corrected chi connectivity index (χ1v) is 6.73. The van der Waals surface area contributed by atoms with Crippen LogP contribution in [0.15, 0.2) is 42.6 Å². The van der Waals surface area contributed by atoms with Gasteiger partial charge in [-0.3, -0.25) is 9.58 Å². The number of aromatic nitrogens is 2. The normalized spacial score (nSPS) is 11.1. The van der Waals surface area contributed by atoms with Crippen LogP contribution < -0.4 is 5.73 Å². The van der Waals surface area contributed by atoms with Crippen molar-refractivity contribution in [3.63, 3.8) is 0 Å². The Morgan fingerprint density at radius 3 is 2.58 bits per heavy atom. The Morgan fingerprint density at radius 2 is 1.95 bits per heavy atom. The predicted octanol–water partition coefficient (Wildman–Crippen LogP) is 1.77. The van der Waals surface area contributed by atoms with Gasteiger partial charge >= 0.3 is 0 Å². The summed E-state index contributed by atoms with van der Waals surface area (Å²) >= 11 is 0. The summed E-state index contributed by atoms with van der Waals surface area (Å²) in [7, 11) is 1.95. The summed E-state index contributed by atoms with van der Waals surface area (Å²) in [5.41, 5.74) is 8.06. The zero-order valence-electron chi connectivity index (χ0n) is 11.5. The zero-order valence-corrected chi connectivity index (χ0v) is 11.5. The molecule has 0 atom stereocenters. The van der Waals surface area contributed by atoms with E-state index in [-0.39, 0.29) is 0 Å². The van der Waals surface area contributed by atoms with Gasteiger partial charge in [0.2, 0.25) is 0 Å². The maximum absolute atomic E-state index is 5.62. The second-order valence-corrected chi connectivity index (χ2v) is 4.82. The Balaban J connectivity index is 1.99. The molecule has 0 aliphatic carbocycles. The minimum Gasteiger partial charge on any atom is -0.330 e. The molecule has 1 aromatic carbocycles. The van der Waals surface area contributed by atoms with Gasteiger partial charge < -0.3 is 5.73 Å². The van der Waals surface area contributed by atoms with Gasteiger partial charge in [0.25, 0.3) is 0 Å². The molecule has 4 nitrogen and oxygen atoms in total. The van der Waals surface area contributed by atoms with Crippen LogP contribution in [-0.4, -0.2) is 27.8 Å². The lowest BCUT2D eigenvalue weighted by molar-refractivity contribution is 0.251.